The van der Waals surface area contributed by atoms with Crippen molar-refractivity contribution in [3.63, 3.8) is 0 Å². The number of aromatic nitrogens is 8. The minimum absolute atomic E-state index is 0.0806. The van der Waals surface area contributed by atoms with Crippen molar-refractivity contribution >= 4 is 11.4 Å². The summed E-state index contributed by atoms with van der Waals surface area (Å²) in [6.45, 7) is 2.08. The first kappa shape index (κ1) is 22.8. The van der Waals surface area contributed by atoms with Crippen LogP contribution in [0.15, 0.2) is 41.3 Å². The molecule has 190 valence electrons. The number of nitrogens with one attached hydrogen (secondary N) is 1. The third-order valence-electron chi connectivity index (χ3n) is 6.25. The molecule has 6 rings (SSSR count). The minimum Gasteiger partial charge on any atom is -0.412 e. The lowest BCUT2D eigenvalue weighted by atomic mass is 9.99. The van der Waals surface area contributed by atoms with E-state index in [1.54, 1.807) is 17.9 Å². The fraction of sp³-hybridized carbons (Fsp3) is 0.273. The van der Waals surface area contributed by atoms with Gasteiger partial charge in [-0.15, -0.1) is 23.4 Å². The van der Waals surface area contributed by atoms with E-state index >= 15 is 0 Å². The van der Waals surface area contributed by atoms with E-state index in [4.69, 9.17) is 4.42 Å². The number of imidazole rings is 1. The molecule has 5 aromatic rings. The number of carbonyl (C=O) groups excluding carboxylic acids is 1. The zero-order valence-electron chi connectivity index (χ0n) is 19.4. The van der Waals surface area contributed by atoms with Crippen LogP contribution < -0.4 is 4.74 Å². The number of amides is 1. The molecule has 1 amide bonds. The quantitative estimate of drug-likeness (QED) is 0.388. The highest BCUT2D eigenvalue weighted by molar-refractivity contribution is 5.90. The molecule has 0 radical (unpaired) electrons. The maximum Gasteiger partial charge on any atom is 0.573 e. The first-order valence-electron chi connectivity index (χ1n) is 11.1. The molecule has 0 bridgehead atoms. The molecule has 0 aromatic carbocycles. The van der Waals surface area contributed by atoms with E-state index in [0.717, 1.165) is 11.4 Å². The van der Waals surface area contributed by atoms with Crippen molar-refractivity contribution in [3.8, 4) is 17.2 Å². The molecule has 0 spiro atoms. The van der Waals surface area contributed by atoms with Crippen molar-refractivity contribution in [2.75, 3.05) is 6.54 Å². The van der Waals surface area contributed by atoms with Gasteiger partial charge in [0.1, 0.15) is 11.6 Å². The summed E-state index contributed by atoms with van der Waals surface area (Å²) in [6, 6.07) is 3.19. The average molecular weight is 513 g/mol. The van der Waals surface area contributed by atoms with Gasteiger partial charge in [0.2, 0.25) is 0 Å². The van der Waals surface area contributed by atoms with Gasteiger partial charge in [0.05, 0.1) is 29.5 Å². The Hall–Kier alpha value is -4.69. The number of hydrogen-bond acceptors (Lipinski definition) is 8. The van der Waals surface area contributed by atoms with Gasteiger partial charge in [0.25, 0.3) is 5.89 Å². The van der Waals surface area contributed by atoms with Gasteiger partial charge in [-0.3, -0.25) is 9.48 Å². The molecule has 0 fully saturated rings. The predicted molar refractivity (Wildman–Crippen MR) is 118 cm³/mol. The Labute approximate surface area is 205 Å². The van der Waals surface area contributed by atoms with E-state index in [1.807, 2.05) is 6.92 Å². The van der Waals surface area contributed by atoms with Crippen molar-refractivity contribution in [1.82, 2.24) is 44.5 Å². The topological polar surface area (TPSA) is 132 Å². The lowest BCUT2D eigenvalue weighted by molar-refractivity contribution is -0.274. The second-order valence-electron chi connectivity index (χ2n) is 8.42. The fourth-order valence-corrected chi connectivity index (χ4v) is 4.40. The van der Waals surface area contributed by atoms with E-state index < -0.39 is 24.1 Å². The molecule has 1 N–H and O–H groups in total. The number of rotatable bonds is 4. The van der Waals surface area contributed by atoms with E-state index in [1.165, 1.54) is 40.1 Å². The first-order chi connectivity index (χ1) is 17.7. The maximum absolute atomic E-state index is 13.6. The maximum atomic E-state index is 13.6. The number of fused-ring (bicyclic) bond motifs is 2. The Morgan fingerprint density at radius 2 is 2.14 bits per heavy atom. The molecule has 0 unspecified atom stereocenters. The predicted octanol–water partition coefficient (Wildman–Crippen LogP) is 2.84. The third kappa shape index (κ3) is 3.88. The van der Waals surface area contributed by atoms with Crippen LogP contribution in [0.3, 0.4) is 0 Å². The van der Waals surface area contributed by atoms with Crippen LogP contribution in [0.2, 0.25) is 0 Å². The van der Waals surface area contributed by atoms with Gasteiger partial charge in [-0.2, -0.15) is 10.2 Å². The zero-order valence-corrected chi connectivity index (χ0v) is 19.4. The van der Waals surface area contributed by atoms with Crippen LogP contribution in [-0.2, 0) is 13.5 Å². The number of aromatic amines is 1. The lowest BCUT2D eigenvalue weighted by Crippen LogP contribution is -2.41. The molecule has 1 aliphatic heterocycles. The van der Waals surface area contributed by atoms with E-state index in [0.29, 0.717) is 23.4 Å². The molecule has 12 nitrogen and oxygen atoms in total. The molecule has 0 saturated heterocycles. The number of hydrogen-bond donors (Lipinski definition) is 1. The number of nitrogens with zero attached hydrogens (tertiary/aromatic N) is 8. The van der Waals surface area contributed by atoms with Gasteiger partial charge in [-0.25, -0.2) is 9.50 Å². The number of halogens is 3. The second-order valence-corrected chi connectivity index (χ2v) is 8.42. The van der Waals surface area contributed by atoms with Gasteiger partial charge in [0.15, 0.2) is 5.75 Å². The zero-order chi connectivity index (χ0) is 25.9. The van der Waals surface area contributed by atoms with Crippen molar-refractivity contribution in [1.29, 1.82) is 0 Å². The largest absolute Gasteiger partial charge is 0.573 e. The SMILES string of the molecule is Cc1c(-c2nnc(C(=O)N3CCc4[nH]cnc4[C@H]3c3cc4c(OC(F)(F)F)cccn4n3)o2)cnn1C. The molecule has 1 aliphatic rings. The number of H-pyrrole nitrogens is 1. The van der Waals surface area contributed by atoms with Crippen LogP contribution in [0.1, 0.15) is 39.5 Å². The number of aryl methyl sites for hydroxylation is 1. The van der Waals surface area contributed by atoms with E-state index in [9.17, 15) is 18.0 Å². The Morgan fingerprint density at radius 1 is 1.30 bits per heavy atom. The number of alkyl halides is 3. The van der Waals surface area contributed by atoms with E-state index in [2.05, 4.69) is 35.1 Å². The summed E-state index contributed by atoms with van der Waals surface area (Å²) in [5.41, 5.74) is 3.05. The highest BCUT2D eigenvalue weighted by atomic mass is 19.4. The molecule has 5 aromatic heterocycles. The van der Waals surface area contributed by atoms with Crippen LogP contribution in [-0.4, -0.2) is 63.3 Å². The third-order valence-corrected chi connectivity index (χ3v) is 6.25. The molecule has 6 heterocycles. The molecular formula is C22H18F3N9O3. The smallest absolute Gasteiger partial charge is 0.412 e. The highest BCUT2D eigenvalue weighted by Crippen LogP contribution is 2.36. The summed E-state index contributed by atoms with van der Waals surface area (Å²) >= 11 is 0. The average Bonchev–Trinajstić information content (AvgIpc) is 3.64. The van der Waals surface area contributed by atoms with Gasteiger partial charge in [-0.1, -0.05) is 0 Å². The van der Waals surface area contributed by atoms with Crippen molar-refractivity contribution in [3.05, 3.63) is 65.6 Å². The summed E-state index contributed by atoms with van der Waals surface area (Å²) < 4.78 is 51.6. The summed E-state index contributed by atoms with van der Waals surface area (Å²) in [5, 5.41) is 16.5. The standard InChI is InChI=1S/C22H18F3N9O3/c1-11-12(9-28-32(11)2)19-29-30-20(36-19)21(35)33-7-5-13-17(27-10-26-13)18(33)14-8-15-16(37-22(23,24)25)4-3-6-34(15)31-14/h3-4,6,8-10,18H,5,7H2,1-2H3,(H,26,27)/t18-/m1/s1. The number of pyridine rings is 1. The van der Waals surface area contributed by atoms with Crippen molar-refractivity contribution < 1.29 is 27.1 Å². The highest BCUT2D eigenvalue weighted by Gasteiger charge is 2.39. The number of carbonyl (C=O) groups is 1. The van der Waals surface area contributed by atoms with Gasteiger partial charge >= 0.3 is 18.2 Å². The lowest BCUT2D eigenvalue weighted by Gasteiger charge is -2.32. The summed E-state index contributed by atoms with van der Waals surface area (Å²) in [5.74, 6) is -1.09. The van der Waals surface area contributed by atoms with Crippen LogP contribution in [0, 0.1) is 6.92 Å². The minimum atomic E-state index is -4.88. The second kappa shape index (κ2) is 8.18. The van der Waals surface area contributed by atoms with Crippen LogP contribution in [0.4, 0.5) is 13.2 Å². The summed E-state index contributed by atoms with van der Waals surface area (Å²) in [6.07, 6.45) is 0.138. The number of ether oxygens (including phenoxy) is 1. The molecule has 1 atom stereocenters. The summed E-state index contributed by atoms with van der Waals surface area (Å²) in [4.78, 5) is 22.5. The van der Waals surface area contributed by atoms with Gasteiger partial charge in [-0.05, 0) is 25.1 Å². The Balaban J connectivity index is 1.40. The molecule has 0 aliphatic carbocycles. The molecule has 37 heavy (non-hydrogen) atoms. The van der Waals surface area contributed by atoms with Crippen molar-refractivity contribution in [2.24, 2.45) is 7.05 Å². The monoisotopic (exact) mass is 513 g/mol. The summed E-state index contributed by atoms with van der Waals surface area (Å²) in [7, 11) is 1.76. The molecule has 15 heteroatoms. The Morgan fingerprint density at radius 3 is 2.89 bits per heavy atom. The Bertz CT molecular complexity index is 1630. The van der Waals surface area contributed by atoms with Gasteiger partial charge in [0, 0.05) is 37.6 Å². The van der Waals surface area contributed by atoms with Crippen molar-refractivity contribution in [2.45, 2.75) is 25.7 Å². The fourth-order valence-electron chi connectivity index (χ4n) is 4.40. The first-order valence-corrected chi connectivity index (χ1v) is 11.1. The van der Waals surface area contributed by atoms with Crippen LogP contribution in [0.5, 0.6) is 5.75 Å². The Kier molecular flexibility index (Phi) is 5.03. The normalized spacial score (nSPS) is 15.8. The van der Waals surface area contributed by atoms with E-state index in [-0.39, 0.29) is 23.8 Å². The van der Waals surface area contributed by atoms with Crippen LogP contribution in [0.25, 0.3) is 17.0 Å². The van der Waals surface area contributed by atoms with Crippen LogP contribution >= 0.6 is 0 Å². The van der Waals surface area contributed by atoms with Gasteiger partial charge < -0.3 is 19.0 Å². The molecular weight excluding hydrogens is 495 g/mol. The molecule has 0 saturated carbocycles.